The van der Waals surface area contributed by atoms with Crippen molar-refractivity contribution in [2.75, 3.05) is 7.05 Å². The van der Waals surface area contributed by atoms with Gasteiger partial charge in [-0.1, -0.05) is 0 Å². The van der Waals surface area contributed by atoms with Crippen molar-refractivity contribution in [3.05, 3.63) is 34.8 Å². The smallest absolute Gasteiger partial charge is 0.140 e. The number of hydrogen-bond acceptors (Lipinski definition) is 3. The van der Waals surface area contributed by atoms with Crippen molar-refractivity contribution in [1.82, 2.24) is 20.3 Å². The van der Waals surface area contributed by atoms with Gasteiger partial charge >= 0.3 is 0 Å². The maximum atomic E-state index is 4.38. The zero-order valence-electron chi connectivity index (χ0n) is 8.29. The van der Waals surface area contributed by atoms with Gasteiger partial charge in [0.25, 0.3) is 0 Å². The molecule has 0 aliphatic heterocycles. The van der Waals surface area contributed by atoms with Gasteiger partial charge in [0.2, 0.25) is 0 Å². The summed E-state index contributed by atoms with van der Waals surface area (Å²) in [5.74, 6) is 0.834. The Bertz CT molecular complexity index is 438. The third kappa shape index (κ3) is 2.24. The average Bonchev–Trinajstić information content (AvgIpc) is 2.63. The van der Waals surface area contributed by atoms with Crippen LogP contribution in [0.4, 0.5) is 0 Å². The summed E-state index contributed by atoms with van der Waals surface area (Å²) in [4.78, 5) is 11.7. The number of nitrogens with zero attached hydrogens (tertiary/aromatic N) is 2. The molecule has 0 atom stereocenters. The van der Waals surface area contributed by atoms with Crippen molar-refractivity contribution in [2.45, 2.75) is 6.54 Å². The summed E-state index contributed by atoms with van der Waals surface area (Å²) in [5.41, 5.74) is 2.02. The highest BCUT2D eigenvalue weighted by molar-refractivity contribution is 9.10. The van der Waals surface area contributed by atoms with Gasteiger partial charge in [-0.05, 0) is 35.1 Å². The Labute approximate surface area is 96.3 Å². The molecule has 0 unspecified atom stereocenters. The van der Waals surface area contributed by atoms with Crippen LogP contribution in [0.2, 0.25) is 0 Å². The molecule has 5 heteroatoms. The average molecular weight is 267 g/mol. The van der Waals surface area contributed by atoms with Gasteiger partial charge in [0.05, 0.1) is 5.69 Å². The van der Waals surface area contributed by atoms with E-state index in [4.69, 9.17) is 0 Å². The lowest BCUT2D eigenvalue weighted by Gasteiger charge is -1.95. The molecule has 0 spiro atoms. The minimum absolute atomic E-state index is 0.758. The Morgan fingerprint density at radius 1 is 1.53 bits per heavy atom. The zero-order chi connectivity index (χ0) is 10.7. The van der Waals surface area contributed by atoms with E-state index < -0.39 is 0 Å². The molecule has 0 bridgehead atoms. The van der Waals surface area contributed by atoms with E-state index in [1.165, 1.54) is 0 Å². The van der Waals surface area contributed by atoms with Gasteiger partial charge in [-0.15, -0.1) is 0 Å². The van der Waals surface area contributed by atoms with Crippen LogP contribution in [0.15, 0.2) is 29.1 Å². The molecule has 0 radical (unpaired) electrons. The third-order valence-corrected chi connectivity index (χ3v) is 2.67. The minimum atomic E-state index is 0.758. The van der Waals surface area contributed by atoms with Crippen LogP contribution in [0.3, 0.4) is 0 Å². The summed E-state index contributed by atoms with van der Waals surface area (Å²) < 4.78 is 0.843. The van der Waals surface area contributed by atoms with Gasteiger partial charge in [0.1, 0.15) is 10.4 Å². The van der Waals surface area contributed by atoms with Gasteiger partial charge in [-0.25, -0.2) is 4.98 Å². The fourth-order valence-corrected chi connectivity index (χ4v) is 1.74. The lowest BCUT2D eigenvalue weighted by atomic mass is 10.3. The van der Waals surface area contributed by atoms with Crippen molar-refractivity contribution >= 4 is 15.9 Å². The van der Waals surface area contributed by atoms with Crippen molar-refractivity contribution in [1.29, 1.82) is 0 Å². The number of rotatable bonds is 3. The van der Waals surface area contributed by atoms with Gasteiger partial charge in [-0.3, -0.25) is 4.98 Å². The third-order valence-electron chi connectivity index (χ3n) is 2.02. The summed E-state index contributed by atoms with van der Waals surface area (Å²) in [6, 6.07) is 3.87. The van der Waals surface area contributed by atoms with Crippen LogP contribution in [0, 0.1) is 0 Å². The van der Waals surface area contributed by atoms with Crippen molar-refractivity contribution in [2.24, 2.45) is 0 Å². The predicted octanol–water partition coefficient (Wildman–Crippen LogP) is 1.95. The predicted molar refractivity (Wildman–Crippen MR) is 62.3 cm³/mol. The van der Waals surface area contributed by atoms with Crippen LogP contribution in [0.25, 0.3) is 11.4 Å². The second kappa shape index (κ2) is 4.55. The first-order valence-electron chi connectivity index (χ1n) is 4.60. The van der Waals surface area contributed by atoms with E-state index in [0.717, 1.165) is 28.2 Å². The standard InChI is InChI=1S/C10H11BrN4/c1-12-6-8-9(11)15-10(14-8)7-3-2-4-13-5-7/h2-5,12H,6H2,1H3,(H,14,15). The summed E-state index contributed by atoms with van der Waals surface area (Å²) in [7, 11) is 1.90. The fourth-order valence-electron chi connectivity index (χ4n) is 1.32. The van der Waals surface area contributed by atoms with Gasteiger partial charge < -0.3 is 10.3 Å². The molecule has 0 saturated heterocycles. The number of nitrogens with one attached hydrogen (secondary N) is 2. The molecular weight excluding hydrogens is 256 g/mol. The highest BCUT2D eigenvalue weighted by Crippen LogP contribution is 2.20. The number of aromatic nitrogens is 3. The van der Waals surface area contributed by atoms with E-state index in [2.05, 4.69) is 36.2 Å². The molecular formula is C10H11BrN4. The first-order chi connectivity index (χ1) is 7.31. The molecule has 2 heterocycles. The Morgan fingerprint density at radius 2 is 2.40 bits per heavy atom. The van der Waals surface area contributed by atoms with E-state index in [-0.39, 0.29) is 0 Å². The molecule has 2 N–H and O–H groups in total. The molecule has 0 aliphatic carbocycles. The molecule has 0 saturated carbocycles. The molecule has 4 nitrogen and oxygen atoms in total. The quantitative estimate of drug-likeness (QED) is 0.893. The summed E-state index contributed by atoms with van der Waals surface area (Å²) >= 11 is 3.41. The number of halogens is 1. The van der Waals surface area contributed by atoms with Crippen LogP contribution < -0.4 is 5.32 Å². The molecule has 0 amide bonds. The van der Waals surface area contributed by atoms with Gasteiger partial charge in [-0.2, -0.15) is 0 Å². The Morgan fingerprint density at radius 3 is 3.07 bits per heavy atom. The Kier molecular flexibility index (Phi) is 3.13. The molecule has 2 rings (SSSR count). The van der Waals surface area contributed by atoms with E-state index in [1.807, 2.05) is 19.2 Å². The topological polar surface area (TPSA) is 53.6 Å². The summed E-state index contributed by atoms with van der Waals surface area (Å²) in [6.07, 6.45) is 3.53. The van der Waals surface area contributed by atoms with Crippen LogP contribution in [0.1, 0.15) is 5.69 Å². The molecule has 78 valence electrons. The normalized spacial score (nSPS) is 10.5. The minimum Gasteiger partial charge on any atom is -0.340 e. The number of pyridine rings is 1. The number of imidazole rings is 1. The van der Waals surface area contributed by atoms with E-state index in [9.17, 15) is 0 Å². The van der Waals surface area contributed by atoms with Crippen LogP contribution in [0.5, 0.6) is 0 Å². The molecule has 0 aromatic carbocycles. The molecule has 2 aromatic heterocycles. The highest BCUT2D eigenvalue weighted by Gasteiger charge is 2.08. The lowest BCUT2D eigenvalue weighted by molar-refractivity contribution is 0.793. The Hall–Kier alpha value is -1.20. The molecule has 0 fully saturated rings. The molecule has 0 aliphatic rings. The highest BCUT2D eigenvalue weighted by atomic mass is 79.9. The number of hydrogen-bond donors (Lipinski definition) is 2. The van der Waals surface area contributed by atoms with Crippen molar-refractivity contribution in [3.63, 3.8) is 0 Å². The number of H-pyrrole nitrogens is 1. The summed E-state index contributed by atoms with van der Waals surface area (Å²) in [5, 5.41) is 3.07. The van der Waals surface area contributed by atoms with Crippen molar-refractivity contribution < 1.29 is 0 Å². The largest absolute Gasteiger partial charge is 0.340 e. The van der Waals surface area contributed by atoms with Gasteiger partial charge in [0.15, 0.2) is 0 Å². The SMILES string of the molecule is CNCc1[nH]c(-c2cccnc2)nc1Br. The molecule has 15 heavy (non-hydrogen) atoms. The maximum Gasteiger partial charge on any atom is 0.140 e. The van der Waals surface area contributed by atoms with E-state index in [1.54, 1.807) is 12.4 Å². The van der Waals surface area contributed by atoms with Crippen molar-refractivity contribution in [3.8, 4) is 11.4 Å². The zero-order valence-corrected chi connectivity index (χ0v) is 9.87. The second-order valence-electron chi connectivity index (χ2n) is 3.13. The summed E-state index contributed by atoms with van der Waals surface area (Å²) in [6.45, 7) is 0.758. The van der Waals surface area contributed by atoms with Crippen LogP contribution in [-0.4, -0.2) is 22.0 Å². The lowest BCUT2D eigenvalue weighted by Crippen LogP contribution is -2.05. The second-order valence-corrected chi connectivity index (χ2v) is 3.88. The molecule has 2 aromatic rings. The van der Waals surface area contributed by atoms with Gasteiger partial charge in [0, 0.05) is 24.5 Å². The van der Waals surface area contributed by atoms with E-state index >= 15 is 0 Å². The first-order valence-corrected chi connectivity index (χ1v) is 5.40. The van der Waals surface area contributed by atoms with E-state index in [0.29, 0.717) is 0 Å². The van der Waals surface area contributed by atoms with Crippen LogP contribution in [-0.2, 0) is 6.54 Å². The monoisotopic (exact) mass is 266 g/mol. The Balaban J connectivity index is 2.34. The van der Waals surface area contributed by atoms with Crippen LogP contribution >= 0.6 is 15.9 Å². The first kappa shape index (κ1) is 10.3. The maximum absolute atomic E-state index is 4.38. The number of aromatic amines is 1. The fraction of sp³-hybridized carbons (Fsp3) is 0.200.